The number of nitrogens with one attached hydrogen (secondary N) is 1. The second-order valence-corrected chi connectivity index (χ2v) is 6.64. The van der Waals surface area contributed by atoms with Gasteiger partial charge in [-0.3, -0.25) is 19.0 Å². The Bertz CT molecular complexity index is 1080. The third-order valence-corrected chi connectivity index (χ3v) is 5.05. The Hall–Kier alpha value is -3.40. The number of ether oxygens (including phenoxy) is 1. The Morgan fingerprint density at radius 1 is 1.50 bits per heavy atom. The molecule has 0 fully saturated rings. The van der Waals surface area contributed by atoms with Crippen LogP contribution in [0.3, 0.4) is 0 Å². The van der Waals surface area contributed by atoms with Crippen molar-refractivity contribution in [1.82, 2.24) is 14.9 Å². The van der Waals surface area contributed by atoms with Gasteiger partial charge in [-0.25, -0.2) is 4.98 Å². The number of carboxylic acid groups (broad SMARTS) is 1. The Balaban J connectivity index is 0.000000706. The summed E-state index contributed by atoms with van der Waals surface area (Å²) in [7, 11) is 0. The number of aromatic hydroxyl groups is 1. The van der Waals surface area contributed by atoms with Gasteiger partial charge in [0.25, 0.3) is 17.9 Å². The van der Waals surface area contributed by atoms with Gasteiger partial charge < -0.3 is 20.3 Å². The molecular formula is C18H17N3O6S. The lowest BCUT2D eigenvalue weighted by atomic mass is 10.1. The molecule has 0 saturated heterocycles. The van der Waals surface area contributed by atoms with E-state index < -0.39 is 17.5 Å². The molecule has 1 aromatic carbocycles. The minimum absolute atomic E-state index is 0.235. The average Bonchev–Trinajstić information content (AvgIpc) is 3.21. The number of nitrogens with zero attached hydrogens (tertiary/aromatic N) is 2. The number of carbonyl (C=O) groups is 2. The Labute approximate surface area is 162 Å². The Kier molecular flexibility index (Phi) is 5.59. The number of hydrogen-bond acceptors (Lipinski definition) is 7. The molecule has 0 aliphatic carbocycles. The SMILES string of the molecule is CCNC(=O)c1c(O)c2cccc3c2n(c1=O)C(c1nccs1)CO3.O=CO. The van der Waals surface area contributed by atoms with E-state index in [0.717, 1.165) is 0 Å². The van der Waals surface area contributed by atoms with Gasteiger partial charge in [0, 0.05) is 23.5 Å². The van der Waals surface area contributed by atoms with Crippen LogP contribution in [0.5, 0.6) is 11.5 Å². The summed E-state index contributed by atoms with van der Waals surface area (Å²) in [6, 6.07) is 4.68. The number of carbonyl (C=O) groups excluding carboxylic acids is 1. The number of thiazole rings is 1. The predicted molar refractivity (Wildman–Crippen MR) is 102 cm³/mol. The molecule has 0 spiro atoms. The Morgan fingerprint density at radius 3 is 2.89 bits per heavy atom. The lowest BCUT2D eigenvalue weighted by Crippen LogP contribution is -2.38. The molecule has 10 heteroatoms. The van der Waals surface area contributed by atoms with E-state index in [2.05, 4.69) is 10.3 Å². The topological polar surface area (TPSA) is 131 Å². The molecule has 3 N–H and O–H groups in total. The standard InChI is InChI=1S/C17H15N3O4S.CH2O2/c1-2-18-15(22)12-14(21)9-4-3-5-11-13(9)20(17(12)23)10(8-24-11)16-19-6-7-25-16;2-1-3/h3-7,10,21H,2,8H2,1H3,(H,18,22);1H,(H,2,3). The first kappa shape index (κ1) is 19.4. The highest BCUT2D eigenvalue weighted by Crippen LogP contribution is 2.38. The molecule has 1 aliphatic heterocycles. The summed E-state index contributed by atoms with van der Waals surface area (Å²) in [5, 5.41) is 23.0. The zero-order chi connectivity index (χ0) is 20.3. The zero-order valence-corrected chi connectivity index (χ0v) is 15.6. The number of amides is 1. The molecular weight excluding hydrogens is 386 g/mol. The molecule has 0 radical (unpaired) electrons. The number of benzene rings is 1. The van der Waals surface area contributed by atoms with Crippen LogP contribution in [0, 0.1) is 0 Å². The van der Waals surface area contributed by atoms with Gasteiger partial charge in [0.15, 0.2) is 0 Å². The second kappa shape index (κ2) is 8.09. The molecule has 1 amide bonds. The van der Waals surface area contributed by atoms with Gasteiger partial charge in [-0.1, -0.05) is 6.07 Å². The highest BCUT2D eigenvalue weighted by Gasteiger charge is 2.32. The van der Waals surface area contributed by atoms with Crippen molar-refractivity contribution in [2.45, 2.75) is 13.0 Å². The van der Waals surface area contributed by atoms with Gasteiger partial charge in [0.2, 0.25) is 0 Å². The fourth-order valence-corrected chi connectivity index (χ4v) is 3.82. The second-order valence-electron chi connectivity index (χ2n) is 5.71. The number of para-hydroxylation sites is 1. The van der Waals surface area contributed by atoms with E-state index in [0.29, 0.717) is 28.2 Å². The predicted octanol–water partition coefficient (Wildman–Crippen LogP) is 1.60. The van der Waals surface area contributed by atoms with Gasteiger partial charge in [-0.15, -0.1) is 11.3 Å². The normalized spacial score (nSPS) is 14.5. The first-order valence-electron chi connectivity index (χ1n) is 8.33. The van der Waals surface area contributed by atoms with Crippen molar-refractivity contribution < 1.29 is 24.5 Å². The first-order chi connectivity index (χ1) is 13.5. The maximum atomic E-state index is 13.1. The van der Waals surface area contributed by atoms with E-state index in [1.54, 1.807) is 31.3 Å². The molecule has 9 nitrogen and oxygen atoms in total. The minimum atomic E-state index is -0.592. The van der Waals surface area contributed by atoms with Gasteiger partial charge in [-0.2, -0.15) is 0 Å². The van der Waals surface area contributed by atoms with Gasteiger partial charge in [0.1, 0.15) is 34.7 Å². The van der Waals surface area contributed by atoms with Crippen LogP contribution in [-0.4, -0.2) is 45.3 Å². The lowest BCUT2D eigenvalue weighted by Gasteiger charge is -2.28. The molecule has 2 aromatic heterocycles. The Morgan fingerprint density at radius 2 is 2.25 bits per heavy atom. The smallest absolute Gasteiger partial charge is 0.290 e. The summed E-state index contributed by atoms with van der Waals surface area (Å²) in [5.74, 6) is -0.418. The molecule has 146 valence electrons. The number of rotatable bonds is 3. The van der Waals surface area contributed by atoms with Crippen molar-refractivity contribution in [3.8, 4) is 11.5 Å². The van der Waals surface area contributed by atoms with Crippen molar-refractivity contribution in [1.29, 1.82) is 0 Å². The van der Waals surface area contributed by atoms with Crippen LogP contribution in [0.4, 0.5) is 0 Å². The van der Waals surface area contributed by atoms with Crippen LogP contribution in [0.15, 0.2) is 34.6 Å². The third kappa shape index (κ3) is 3.18. The van der Waals surface area contributed by atoms with Crippen LogP contribution in [0.2, 0.25) is 0 Å². The van der Waals surface area contributed by atoms with Gasteiger partial charge in [-0.05, 0) is 19.1 Å². The van der Waals surface area contributed by atoms with Crippen LogP contribution in [-0.2, 0) is 4.79 Å². The lowest BCUT2D eigenvalue weighted by molar-refractivity contribution is -0.122. The van der Waals surface area contributed by atoms with Crippen molar-refractivity contribution in [3.63, 3.8) is 0 Å². The summed E-state index contributed by atoms with van der Waals surface area (Å²) in [6.07, 6.45) is 1.66. The summed E-state index contributed by atoms with van der Waals surface area (Å²) in [6.45, 7) is 2.09. The number of pyridine rings is 1. The third-order valence-electron chi connectivity index (χ3n) is 4.17. The molecule has 1 atom stereocenters. The highest BCUT2D eigenvalue weighted by atomic mass is 32.1. The van der Waals surface area contributed by atoms with Crippen LogP contribution in [0.25, 0.3) is 10.9 Å². The van der Waals surface area contributed by atoms with Crippen molar-refractivity contribution >= 4 is 34.6 Å². The van der Waals surface area contributed by atoms with Gasteiger partial charge >= 0.3 is 0 Å². The summed E-state index contributed by atoms with van der Waals surface area (Å²) >= 11 is 1.41. The van der Waals surface area contributed by atoms with E-state index in [-0.39, 0.29) is 24.4 Å². The summed E-state index contributed by atoms with van der Waals surface area (Å²) in [5.41, 5.74) is -0.327. The van der Waals surface area contributed by atoms with E-state index in [9.17, 15) is 14.7 Å². The molecule has 4 rings (SSSR count). The molecule has 3 aromatic rings. The van der Waals surface area contributed by atoms with E-state index >= 15 is 0 Å². The zero-order valence-electron chi connectivity index (χ0n) is 14.8. The maximum absolute atomic E-state index is 13.1. The van der Waals surface area contributed by atoms with Crippen molar-refractivity contribution in [3.05, 3.63) is 50.7 Å². The highest BCUT2D eigenvalue weighted by molar-refractivity contribution is 7.09. The fraction of sp³-hybridized carbons (Fsp3) is 0.222. The molecule has 3 heterocycles. The monoisotopic (exact) mass is 403 g/mol. The quantitative estimate of drug-likeness (QED) is 0.566. The maximum Gasteiger partial charge on any atom is 0.290 e. The van der Waals surface area contributed by atoms with Crippen molar-refractivity contribution in [2.75, 3.05) is 13.2 Å². The fourth-order valence-electron chi connectivity index (χ4n) is 3.11. The number of hydrogen-bond donors (Lipinski definition) is 3. The average molecular weight is 403 g/mol. The van der Waals surface area contributed by atoms with Crippen LogP contribution in [0.1, 0.15) is 28.3 Å². The largest absolute Gasteiger partial charge is 0.506 e. The van der Waals surface area contributed by atoms with Crippen molar-refractivity contribution in [2.24, 2.45) is 0 Å². The molecule has 28 heavy (non-hydrogen) atoms. The number of aromatic nitrogens is 2. The van der Waals surface area contributed by atoms with Crippen LogP contribution < -0.4 is 15.6 Å². The van der Waals surface area contributed by atoms with E-state index in [1.807, 2.05) is 5.38 Å². The molecule has 1 unspecified atom stereocenters. The summed E-state index contributed by atoms with van der Waals surface area (Å²) < 4.78 is 7.30. The van der Waals surface area contributed by atoms with E-state index in [1.165, 1.54) is 15.9 Å². The summed E-state index contributed by atoms with van der Waals surface area (Å²) in [4.78, 5) is 38.1. The minimum Gasteiger partial charge on any atom is -0.506 e. The first-order valence-corrected chi connectivity index (χ1v) is 9.21. The molecule has 1 aliphatic rings. The van der Waals surface area contributed by atoms with E-state index in [4.69, 9.17) is 14.6 Å². The van der Waals surface area contributed by atoms with Gasteiger partial charge in [0.05, 0.1) is 5.52 Å². The molecule has 0 bridgehead atoms. The van der Waals surface area contributed by atoms with Crippen LogP contribution >= 0.6 is 11.3 Å². The molecule has 0 saturated carbocycles.